The van der Waals surface area contributed by atoms with E-state index in [0.29, 0.717) is 48.2 Å². The number of nitrogens with one attached hydrogen (secondary N) is 1. The molecule has 1 saturated carbocycles. The molecule has 8 nitrogen and oxygen atoms in total. The van der Waals surface area contributed by atoms with Gasteiger partial charge in [0.15, 0.2) is 0 Å². The highest BCUT2D eigenvalue weighted by atomic mass is 16.5. The summed E-state index contributed by atoms with van der Waals surface area (Å²) in [6.07, 6.45) is 7.75. The predicted octanol–water partition coefficient (Wildman–Crippen LogP) is 3.96. The standard InChI is InChI=1S/C24H28N4O4/c29-15-16-6-8-18(9-7-16)28-14-17-12-21-22(13-20(17)27-28)31-10-1-2-11-32-23-5-3-4-19(25-23)24(30)26-21/h3-5,12-14,16,18,29H,1-2,6-11,15H2,(H,26,30)/t16-,18-. The fourth-order valence-corrected chi connectivity index (χ4v) is 4.44. The molecule has 2 aliphatic rings. The highest BCUT2D eigenvalue weighted by Crippen LogP contribution is 2.35. The molecule has 0 unspecified atom stereocenters. The minimum absolute atomic E-state index is 0.265. The molecule has 32 heavy (non-hydrogen) atoms. The van der Waals surface area contributed by atoms with Crippen molar-refractivity contribution in [2.75, 3.05) is 25.1 Å². The number of aliphatic hydroxyl groups is 1. The average Bonchev–Trinajstić information content (AvgIpc) is 3.24. The molecule has 0 atom stereocenters. The fraction of sp³-hybridized carbons (Fsp3) is 0.458. The second kappa shape index (κ2) is 9.16. The van der Waals surface area contributed by atoms with Crippen LogP contribution in [0.4, 0.5) is 5.69 Å². The topological polar surface area (TPSA) is 98.5 Å². The Morgan fingerprint density at radius 3 is 2.72 bits per heavy atom. The smallest absolute Gasteiger partial charge is 0.274 e. The van der Waals surface area contributed by atoms with Crippen LogP contribution in [0.25, 0.3) is 10.9 Å². The van der Waals surface area contributed by atoms with Gasteiger partial charge in [-0.25, -0.2) is 4.98 Å². The number of carbonyl (C=O) groups excluding carboxylic acids is 1. The molecule has 1 fully saturated rings. The molecule has 0 saturated heterocycles. The summed E-state index contributed by atoms with van der Waals surface area (Å²) in [5.41, 5.74) is 1.75. The molecule has 2 N–H and O–H groups in total. The predicted molar refractivity (Wildman–Crippen MR) is 120 cm³/mol. The molecule has 5 rings (SSSR count). The zero-order chi connectivity index (χ0) is 21.9. The van der Waals surface area contributed by atoms with Gasteiger partial charge in [-0.3, -0.25) is 9.48 Å². The zero-order valence-corrected chi connectivity index (χ0v) is 18.0. The minimum Gasteiger partial charge on any atom is -0.491 e. The van der Waals surface area contributed by atoms with Crippen molar-refractivity contribution in [3.8, 4) is 11.6 Å². The maximum atomic E-state index is 12.9. The summed E-state index contributed by atoms with van der Waals surface area (Å²) < 4.78 is 13.7. The Balaban J connectivity index is 1.45. The Morgan fingerprint density at radius 2 is 1.91 bits per heavy atom. The van der Waals surface area contributed by atoms with E-state index in [2.05, 4.69) is 10.3 Å². The lowest BCUT2D eigenvalue weighted by molar-refractivity contribution is 0.102. The summed E-state index contributed by atoms with van der Waals surface area (Å²) in [5, 5.41) is 18.1. The molecule has 0 radical (unpaired) electrons. The lowest BCUT2D eigenvalue weighted by Gasteiger charge is -2.27. The third kappa shape index (κ3) is 4.41. The SMILES string of the molecule is O=C1Nc2cc3cn([C@H]4CC[C@H](CO)CC4)nc3cc2OCCCCOc2cccc1n2. The largest absolute Gasteiger partial charge is 0.491 e. The molecule has 2 aromatic heterocycles. The number of ether oxygens (including phenoxy) is 2. The van der Waals surface area contributed by atoms with E-state index in [0.717, 1.165) is 49.4 Å². The van der Waals surface area contributed by atoms with Crippen molar-refractivity contribution in [3.05, 3.63) is 42.2 Å². The van der Waals surface area contributed by atoms with Crippen molar-refractivity contribution < 1.29 is 19.4 Å². The van der Waals surface area contributed by atoms with Gasteiger partial charge in [0.25, 0.3) is 5.91 Å². The van der Waals surface area contributed by atoms with Gasteiger partial charge in [-0.2, -0.15) is 5.10 Å². The molecule has 168 valence electrons. The summed E-state index contributed by atoms with van der Waals surface area (Å²) in [6.45, 7) is 1.31. The fourth-order valence-electron chi connectivity index (χ4n) is 4.44. The number of hydrogen-bond acceptors (Lipinski definition) is 6. The number of aliphatic hydroxyl groups excluding tert-OH is 1. The Morgan fingerprint density at radius 1 is 1.09 bits per heavy atom. The van der Waals surface area contributed by atoms with Crippen molar-refractivity contribution in [1.29, 1.82) is 0 Å². The normalized spacial score (nSPS) is 21.8. The number of rotatable bonds is 2. The van der Waals surface area contributed by atoms with Gasteiger partial charge in [-0.1, -0.05) is 6.07 Å². The van der Waals surface area contributed by atoms with Gasteiger partial charge in [-0.15, -0.1) is 0 Å². The zero-order valence-electron chi connectivity index (χ0n) is 18.0. The monoisotopic (exact) mass is 436 g/mol. The number of benzene rings is 1. The summed E-state index contributed by atoms with van der Waals surface area (Å²) in [6, 6.07) is 9.35. The molecule has 3 aromatic rings. The number of pyridine rings is 1. The lowest BCUT2D eigenvalue weighted by atomic mass is 9.87. The third-order valence-corrected chi connectivity index (χ3v) is 6.32. The molecule has 0 spiro atoms. The van der Waals surface area contributed by atoms with Crippen LogP contribution in [0.2, 0.25) is 0 Å². The van der Waals surface area contributed by atoms with E-state index in [9.17, 15) is 9.90 Å². The van der Waals surface area contributed by atoms with Gasteiger partial charge < -0.3 is 19.9 Å². The molecule has 1 aliphatic carbocycles. The Kier molecular flexibility index (Phi) is 5.94. The van der Waals surface area contributed by atoms with Crippen LogP contribution in [0.3, 0.4) is 0 Å². The van der Waals surface area contributed by atoms with Crippen LogP contribution in [0.1, 0.15) is 55.1 Å². The van der Waals surface area contributed by atoms with Gasteiger partial charge in [0, 0.05) is 30.3 Å². The van der Waals surface area contributed by atoms with Gasteiger partial charge in [0.05, 0.1) is 30.5 Å². The summed E-state index contributed by atoms with van der Waals surface area (Å²) in [7, 11) is 0. The number of aromatic nitrogens is 3. The number of anilines is 1. The molecule has 1 aliphatic heterocycles. The van der Waals surface area contributed by atoms with E-state index >= 15 is 0 Å². The number of carbonyl (C=O) groups is 1. The highest BCUT2D eigenvalue weighted by Gasteiger charge is 2.23. The van der Waals surface area contributed by atoms with Crippen LogP contribution in [-0.4, -0.2) is 45.6 Å². The quantitative estimate of drug-likeness (QED) is 0.631. The van der Waals surface area contributed by atoms with Crippen molar-refractivity contribution in [2.24, 2.45) is 5.92 Å². The van der Waals surface area contributed by atoms with Crippen LogP contribution < -0.4 is 14.8 Å². The Bertz CT molecular complexity index is 1100. The van der Waals surface area contributed by atoms with E-state index in [1.807, 2.05) is 23.0 Å². The van der Waals surface area contributed by atoms with Gasteiger partial charge >= 0.3 is 0 Å². The van der Waals surface area contributed by atoms with Crippen molar-refractivity contribution >= 4 is 22.5 Å². The average molecular weight is 437 g/mol. The van der Waals surface area contributed by atoms with Crippen LogP contribution in [-0.2, 0) is 0 Å². The number of fused-ring (bicyclic) bond motifs is 4. The third-order valence-electron chi connectivity index (χ3n) is 6.32. The first kappa shape index (κ1) is 20.8. The van der Waals surface area contributed by atoms with Crippen LogP contribution in [0, 0.1) is 5.92 Å². The van der Waals surface area contributed by atoms with E-state index in [1.165, 1.54) is 0 Å². The summed E-state index contributed by atoms with van der Waals surface area (Å²) in [4.78, 5) is 17.2. The first-order valence-electron chi connectivity index (χ1n) is 11.4. The van der Waals surface area contributed by atoms with Crippen LogP contribution in [0.5, 0.6) is 11.6 Å². The van der Waals surface area contributed by atoms with Crippen LogP contribution in [0.15, 0.2) is 36.5 Å². The number of amides is 1. The molecule has 1 aromatic carbocycles. The maximum absolute atomic E-state index is 12.9. The minimum atomic E-state index is -0.311. The van der Waals surface area contributed by atoms with E-state index in [1.54, 1.807) is 18.2 Å². The van der Waals surface area contributed by atoms with Gasteiger partial charge in [0.1, 0.15) is 11.4 Å². The molecular formula is C24H28N4O4. The number of nitrogens with zero attached hydrogens (tertiary/aromatic N) is 3. The second-order valence-electron chi connectivity index (χ2n) is 8.59. The van der Waals surface area contributed by atoms with E-state index < -0.39 is 0 Å². The Labute approximate surface area is 186 Å². The van der Waals surface area contributed by atoms with Crippen LogP contribution >= 0.6 is 0 Å². The van der Waals surface area contributed by atoms with Crippen molar-refractivity contribution in [1.82, 2.24) is 14.8 Å². The van der Waals surface area contributed by atoms with E-state index in [-0.39, 0.29) is 12.5 Å². The van der Waals surface area contributed by atoms with Crippen molar-refractivity contribution in [2.45, 2.75) is 44.6 Å². The molecule has 8 heteroatoms. The number of hydrogen-bond donors (Lipinski definition) is 2. The van der Waals surface area contributed by atoms with Gasteiger partial charge in [0.2, 0.25) is 5.88 Å². The van der Waals surface area contributed by atoms with Gasteiger partial charge in [-0.05, 0) is 56.6 Å². The molecule has 3 heterocycles. The summed E-state index contributed by atoms with van der Waals surface area (Å²) >= 11 is 0. The molecular weight excluding hydrogens is 408 g/mol. The first-order chi connectivity index (χ1) is 15.7. The highest BCUT2D eigenvalue weighted by molar-refractivity contribution is 6.05. The molecule has 2 bridgehead atoms. The Hall–Kier alpha value is -3.13. The van der Waals surface area contributed by atoms with E-state index in [4.69, 9.17) is 14.6 Å². The molecule has 1 amide bonds. The lowest BCUT2D eigenvalue weighted by Crippen LogP contribution is -2.20. The van der Waals surface area contributed by atoms with Crippen molar-refractivity contribution in [3.63, 3.8) is 0 Å². The maximum Gasteiger partial charge on any atom is 0.274 e. The summed E-state index contributed by atoms with van der Waals surface area (Å²) in [5.74, 6) is 1.15. The second-order valence-corrected chi connectivity index (χ2v) is 8.59. The first-order valence-corrected chi connectivity index (χ1v) is 11.4.